The molecule has 16 heteroatoms. The van der Waals surface area contributed by atoms with Gasteiger partial charge in [0.05, 0.1) is 78.5 Å². The summed E-state index contributed by atoms with van der Waals surface area (Å²) in [5.74, 6) is 1.41. The minimum atomic E-state index is -0.226. The summed E-state index contributed by atoms with van der Waals surface area (Å²) in [7, 11) is 0. The summed E-state index contributed by atoms with van der Waals surface area (Å²) in [4.78, 5) is 19.3. The minimum absolute atomic E-state index is 0.226. The van der Waals surface area contributed by atoms with Crippen LogP contribution in [0.1, 0.15) is 25.2 Å². The average Bonchev–Trinajstić information content (AvgIpc) is 3.77. The minimum Gasteiger partial charge on any atom is -0.494 e. The van der Waals surface area contributed by atoms with E-state index >= 15 is 0 Å². The van der Waals surface area contributed by atoms with Crippen LogP contribution in [-0.4, -0.2) is 55.8 Å². The molecule has 8 aromatic rings. The Morgan fingerprint density at radius 1 is 0.565 bits per heavy atom. The number of halogens is 4. The normalized spacial score (nSPS) is 12.3. The van der Waals surface area contributed by atoms with Crippen LogP contribution in [0.25, 0.3) is 66.5 Å². The Bertz CT molecular complexity index is 3080. The molecule has 4 aromatic carbocycles. The molecule has 0 spiro atoms. The van der Waals surface area contributed by atoms with Gasteiger partial charge in [0.15, 0.2) is 0 Å². The molecule has 0 N–H and O–H groups in total. The van der Waals surface area contributed by atoms with Crippen molar-refractivity contribution in [2.45, 2.75) is 41.1 Å². The Kier molecular flexibility index (Phi) is 12.0. The van der Waals surface area contributed by atoms with Gasteiger partial charge in [0, 0.05) is 22.2 Å². The summed E-state index contributed by atoms with van der Waals surface area (Å²) in [5, 5.41) is 26.8. The smallest absolute Gasteiger partial charge is 0.254 e. The van der Waals surface area contributed by atoms with Gasteiger partial charge >= 0.3 is 0 Å². The van der Waals surface area contributed by atoms with Gasteiger partial charge in [-0.25, -0.2) is 9.97 Å². The first kappa shape index (κ1) is 42.7. The van der Waals surface area contributed by atoms with Crippen LogP contribution in [0, 0.1) is 22.7 Å². The fourth-order valence-corrected chi connectivity index (χ4v) is 8.60. The predicted molar refractivity (Wildman–Crippen MR) is 254 cm³/mol. The maximum atomic E-state index is 11.4. The van der Waals surface area contributed by atoms with Crippen molar-refractivity contribution in [1.82, 2.24) is 28.9 Å². The Balaban J connectivity index is 1.67. The maximum Gasteiger partial charge on any atom is 0.254 e. The van der Waals surface area contributed by atoms with E-state index in [0.717, 1.165) is 33.3 Å². The van der Waals surface area contributed by atoms with Gasteiger partial charge in [-0.05, 0) is 97.8 Å². The number of fused-ring (bicyclic) bond motifs is 3. The van der Waals surface area contributed by atoms with Gasteiger partial charge in [-0.3, -0.25) is 9.97 Å². The third kappa shape index (κ3) is 7.52. The highest BCUT2D eigenvalue weighted by atomic mass is 35.5. The molecule has 8 rings (SSSR count). The molecule has 0 saturated heterocycles. The number of rotatable bonds is 10. The number of hydrogen-bond acceptors (Lipinski definition) is 8. The highest BCUT2D eigenvalue weighted by Gasteiger charge is 2.31. The first-order chi connectivity index (χ1) is 29.9. The predicted octanol–water partition coefficient (Wildman–Crippen LogP) is 10.7. The molecule has 4 aromatic heterocycles. The van der Waals surface area contributed by atoms with Gasteiger partial charge in [-0.15, -0.1) is 0 Å². The Morgan fingerprint density at radius 2 is 0.903 bits per heavy atom. The molecule has 0 aliphatic heterocycles. The van der Waals surface area contributed by atoms with Crippen LogP contribution in [0.2, 0.25) is 47.4 Å². The van der Waals surface area contributed by atoms with Crippen LogP contribution < -0.4 is 20.2 Å². The van der Waals surface area contributed by atoms with Crippen molar-refractivity contribution in [3.05, 3.63) is 127 Å². The number of hydrogen-bond donors (Lipinski definition) is 0. The zero-order valence-corrected chi connectivity index (χ0v) is 37.6. The van der Waals surface area contributed by atoms with E-state index in [-0.39, 0.29) is 24.8 Å². The molecule has 0 saturated carbocycles. The lowest BCUT2D eigenvalue weighted by Crippen LogP contribution is -2.34. The van der Waals surface area contributed by atoms with Crippen molar-refractivity contribution in [2.75, 3.05) is 13.2 Å². The molecule has 0 radical (unpaired) electrons. The topological polar surface area (TPSA) is 127 Å². The van der Waals surface area contributed by atoms with Crippen molar-refractivity contribution in [3.8, 4) is 46.2 Å². The van der Waals surface area contributed by atoms with Crippen molar-refractivity contribution in [2.24, 2.45) is 0 Å². The first-order valence-corrected chi connectivity index (χ1v) is 21.5. The fourth-order valence-electron chi connectivity index (χ4n) is 7.97. The molecule has 0 atom stereocenters. The zero-order valence-electron chi connectivity index (χ0n) is 34.6. The first-order valence-electron chi connectivity index (χ1n) is 20.0. The van der Waals surface area contributed by atoms with Crippen LogP contribution in [-0.2, 0) is 0 Å². The van der Waals surface area contributed by atoms with E-state index in [1.54, 1.807) is 36.7 Å². The molecular weight excluding hydrogens is 860 g/mol. The van der Waals surface area contributed by atoms with Crippen LogP contribution in [0.5, 0.6) is 11.5 Å². The van der Waals surface area contributed by atoms with Crippen LogP contribution in [0.4, 0.5) is 0 Å². The van der Waals surface area contributed by atoms with E-state index in [2.05, 4.69) is 48.4 Å². The van der Waals surface area contributed by atoms with Crippen LogP contribution >= 0.6 is 46.4 Å². The van der Waals surface area contributed by atoms with E-state index in [0.29, 0.717) is 89.0 Å². The highest BCUT2D eigenvalue weighted by Crippen LogP contribution is 2.38. The third-order valence-corrected chi connectivity index (χ3v) is 11.9. The summed E-state index contributed by atoms with van der Waals surface area (Å²) in [6.45, 7) is 12.7. The molecule has 62 heavy (non-hydrogen) atoms. The van der Waals surface area contributed by atoms with Crippen LogP contribution in [0.3, 0.4) is 0 Å². The second kappa shape index (κ2) is 17.4. The van der Waals surface area contributed by atoms with Crippen molar-refractivity contribution in [1.29, 1.82) is 10.5 Å². The van der Waals surface area contributed by atoms with E-state index in [4.69, 9.17) is 75.8 Å². The quantitative estimate of drug-likeness (QED) is 0.124. The Labute approximate surface area is 378 Å². The summed E-state index contributed by atoms with van der Waals surface area (Å²) in [6.07, 6.45) is 3.16. The second-order valence-corrected chi connectivity index (χ2v) is 16.6. The Morgan fingerprint density at radius 3 is 1.21 bits per heavy atom. The number of benzene rings is 4. The molecular formula is C46H36B2Cl4N8O2. The molecule has 0 unspecified atom stereocenters. The average molecular weight is 896 g/mol. The lowest BCUT2D eigenvalue weighted by molar-refractivity contribution is 0.340. The van der Waals surface area contributed by atoms with Crippen molar-refractivity contribution in [3.63, 3.8) is 0 Å². The number of aromatic nitrogens is 6. The molecule has 10 nitrogen and oxygen atoms in total. The lowest BCUT2D eigenvalue weighted by Gasteiger charge is -2.18. The molecule has 0 fully saturated rings. The standard InChI is InChI=1S/C46H36B2Cl4N8O2/c1-7-61-27-13-9-25(10-14-27)43-41-42(46(59(43)47(3)4)30(22-54)40-24-56-36-18-32(50)34(52)20-38(36)58-40)44(26-11-15-28(16-12-26)62-8-2)60(48(5)6)45(41)29(21-53)39-23-55-35-17-31(49)33(51)19-37(35)57-39/h9-20,23-24H,7-8H2,1-6H3/b45-29-,46-30-. The lowest BCUT2D eigenvalue weighted by atomic mass is 9.67. The monoisotopic (exact) mass is 894 g/mol. The van der Waals surface area contributed by atoms with Crippen molar-refractivity contribution >= 4 is 104 Å². The second-order valence-electron chi connectivity index (χ2n) is 15.0. The van der Waals surface area contributed by atoms with E-state index in [1.807, 2.05) is 62.4 Å². The largest absolute Gasteiger partial charge is 0.494 e. The Hall–Kier alpha value is -6.01. The third-order valence-electron chi connectivity index (χ3n) is 10.4. The zero-order chi connectivity index (χ0) is 44.0. The SMILES string of the molecule is CCOc1ccc(-c2c3/c(=C(\C#N)c4cnc5cc(Cl)c(Cl)cc5n4)n(B(C)C)c(-c4ccc(OCC)cc4)c3/c(=C(\C#N)c3cnc4cc(Cl)c(Cl)cc4n3)n2B(C)C)cc1. The van der Waals surface area contributed by atoms with E-state index in [9.17, 15) is 10.5 Å². The van der Waals surface area contributed by atoms with Crippen molar-refractivity contribution < 1.29 is 9.47 Å². The van der Waals surface area contributed by atoms with Crippen LogP contribution in [0.15, 0.2) is 85.2 Å². The summed E-state index contributed by atoms with van der Waals surface area (Å²) in [6, 6.07) is 27.3. The van der Waals surface area contributed by atoms with Gasteiger partial charge in [0.2, 0.25) is 0 Å². The molecule has 0 amide bonds. The fraction of sp³-hybridized carbons (Fsp3) is 0.174. The number of nitrogens with zero attached hydrogens (tertiary/aromatic N) is 8. The highest BCUT2D eigenvalue weighted by molar-refractivity contribution is 6.56. The molecule has 0 aliphatic carbocycles. The van der Waals surface area contributed by atoms with E-state index in [1.165, 1.54) is 0 Å². The van der Waals surface area contributed by atoms with E-state index < -0.39 is 0 Å². The molecule has 0 bridgehead atoms. The summed E-state index contributed by atoms with van der Waals surface area (Å²) < 4.78 is 16.1. The maximum absolute atomic E-state index is 11.4. The number of nitriles is 2. The van der Waals surface area contributed by atoms with Gasteiger partial charge in [0.25, 0.3) is 13.7 Å². The van der Waals surface area contributed by atoms with Gasteiger partial charge in [0.1, 0.15) is 46.2 Å². The molecule has 0 aliphatic rings. The van der Waals surface area contributed by atoms with Gasteiger partial charge in [-0.2, -0.15) is 10.5 Å². The molecule has 306 valence electrons. The summed E-state index contributed by atoms with van der Waals surface area (Å²) >= 11 is 25.7. The molecule has 4 heterocycles. The number of ether oxygens (including phenoxy) is 2. The van der Waals surface area contributed by atoms with Gasteiger partial charge in [-0.1, -0.05) is 73.7 Å². The van der Waals surface area contributed by atoms with Gasteiger partial charge < -0.3 is 18.4 Å². The summed E-state index contributed by atoms with van der Waals surface area (Å²) in [5.41, 5.74) is 6.35.